The second-order valence-corrected chi connectivity index (χ2v) is 16.0. The van der Waals surface area contributed by atoms with Crippen molar-refractivity contribution in [3.8, 4) is 0 Å². The highest BCUT2D eigenvalue weighted by Crippen LogP contribution is 2.34. The molecule has 5 aromatic rings. The van der Waals surface area contributed by atoms with E-state index in [1.807, 2.05) is 49.4 Å². The van der Waals surface area contributed by atoms with E-state index in [0.717, 1.165) is 79.4 Å². The average molecular weight is 747 g/mol. The van der Waals surface area contributed by atoms with Gasteiger partial charge in [0.25, 0.3) is 10.0 Å². The summed E-state index contributed by atoms with van der Waals surface area (Å²) in [7, 11) is -4.00. The molecule has 8 nitrogen and oxygen atoms in total. The molecule has 4 aromatic carbocycles. The molecular weight excluding hydrogens is 700 g/mol. The number of sulfonamides is 1. The Kier molecular flexibility index (Phi) is 11.7. The molecule has 10 heteroatoms. The van der Waals surface area contributed by atoms with Crippen LogP contribution in [0.2, 0.25) is 5.02 Å². The van der Waals surface area contributed by atoms with Crippen molar-refractivity contribution in [2.45, 2.75) is 75.5 Å². The van der Waals surface area contributed by atoms with Crippen LogP contribution in [0.3, 0.4) is 0 Å². The third-order valence-electron chi connectivity index (χ3n) is 10.1. The molecule has 274 valence electrons. The molecule has 0 amide bonds. The molecule has 1 aliphatic heterocycles. The van der Waals surface area contributed by atoms with Gasteiger partial charge in [0.2, 0.25) is 5.96 Å². The summed E-state index contributed by atoms with van der Waals surface area (Å²) in [4.78, 5) is 5.12. The zero-order valence-electron chi connectivity index (χ0n) is 30.3. The molecule has 0 unspecified atom stereocenters. The maximum atomic E-state index is 13.6. The summed E-state index contributed by atoms with van der Waals surface area (Å²) >= 11 is 6.23. The van der Waals surface area contributed by atoms with Gasteiger partial charge in [0, 0.05) is 40.8 Å². The number of nitrogens with one attached hydrogen (secondary N) is 2. The summed E-state index contributed by atoms with van der Waals surface area (Å²) in [5.41, 5.74) is 8.86. The lowest BCUT2D eigenvalue weighted by molar-refractivity contribution is 0.453. The fourth-order valence-corrected chi connectivity index (χ4v) is 8.38. The standard InChI is InChI=1S/C43H47ClN6O2S/c1-31-20-26-35(27-21-31)53(51,52)49-43(50-30-38(32-14-6-5-7-15-32)41(48-50)33-22-24-34(44)25-23-33)46-29-13-4-2-3-12-28-45-42-36-16-8-10-18-39(36)47-40-19-11-9-17-37(40)42/h5-8,10,14-16,18,20-27,38H,2-4,9,11-13,17,19,28-30H2,1H3,(H,45,47)(H,46,49)/t38-/m1/s1. The molecule has 2 aliphatic rings. The van der Waals surface area contributed by atoms with Crippen LogP contribution in [-0.4, -0.2) is 49.7 Å². The van der Waals surface area contributed by atoms with Crippen molar-refractivity contribution in [1.29, 1.82) is 0 Å². The molecule has 0 spiro atoms. The fraction of sp³-hybridized carbons (Fsp3) is 0.326. The quantitative estimate of drug-likeness (QED) is 0.0708. The van der Waals surface area contributed by atoms with Crippen LogP contribution in [-0.2, 0) is 22.9 Å². The van der Waals surface area contributed by atoms with Crippen LogP contribution in [0.25, 0.3) is 10.9 Å². The number of aromatic nitrogens is 1. The van der Waals surface area contributed by atoms with Gasteiger partial charge in [-0.2, -0.15) is 13.5 Å². The molecule has 0 fully saturated rings. The predicted molar refractivity (Wildman–Crippen MR) is 218 cm³/mol. The molecule has 0 saturated carbocycles. The highest BCUT2D eigenvalue weighted by Gasteiger charge is 2.32. The normalized spacial score (nSPS) is 16.0. The van der Waals surface area contributed by atoms with Gasteiger partial charge in [-0.3, -0.25) is 4.98 Å². The molecule has 1 aliphatic carbocycles. The van der Waals surface area contributed by atoms with E-state index in [9.17, 15) is 8.42 Å². The summed E-state index contributed by atoms with van der Waals surface area (Å²) < 4.78 is 31.6. The zero-order chi connectivity index (χ0) is 36.6. The molecule has 2 N–H and O–H groups in total. The molecule has 53 heavy (non-hydrogen) atoms. The number of halogens is 1. The van der Waals surface area contributed by atoms with Crippen molar-refractivity contribution in [1.82, 2.24) is 15.3 Å². The zero-order valence-corrected chi connectivity index (χ0v) is 31.8. The van der Waals surface area contributed by atoms with Gasteiger partial charge >= 0.3 is 0 Å². The maximum Gasteiger partial charge on any atom is 0.285 e. The highest BCUT2D eigenvalue weighted by atomic mass is 35.5. The number of benzene rings is 4. The van der Waals surface area contributed by atoms with Crippen LogP contribution in [0.15, 0.2) is 118 Å². The van der Waals surface area contributed by atoms with E-state index in [4.69, 9.17) is 21.7 Å². The molecule has 0 radical (unpaired) electrons. The van der Waals surface area contributed by atoms with Crippen molar-refractivity contribution in [3.63, 3.8) is 0 Å². The first-order valence-electron chi connectivity index (χ1n) is 18.8. The van der Waals surface area contributed by atoms with E-state index >= 15 is 0 Å². The van der Waals surface area contributed by atoms with Gasteiger partial charge in [0.05, 0.1) is 22.7 Å². The summed E-state index contributed by atoms with van der Waals surface area (Å²) in [6.45, 7) is 3.88. The van der Waals surface area contributed by atoms with Gasteiger partial charge in [0.15, 0.2) is 0 Å². The Balaban J connectivity index is 0.999. The Labute approximate surface area is 318 Å². The average Bonchev–Trinajstić information content (AvgIpc) is 3.63. The summed E-state index contributed by atoms with van der Waals surface area (Å²) in [6, 6.07) is 33.0. The van der Waals surface area contributed by atoms with Gasteiger partial charge in [-0.1, -0.05) is 109 Å². The molecule has 0 bridgehead atoms. The number of pyridine rings is 1. The Morgan fingerprint density at radius 2 is 1.53 bits per heavy atom. The van der Waals surface area contributed by atoms with E-state index in [0.29, 0.717) is 18.1 Å². The third kappa shape index (κ3) is 8.91. The Morgan fingerprint density at radius 1 is 0.830 bits per heavy atom. The van der Waals surface area contributed by atoms with Crippen molar-refractivity contribution in [3.05, 3.63) is 136 Å². The first kappa shape index (κ1) is 36.6. The minimum atomic E-state index is -4.00. The van der Waals surface area contributed by atoms with Crippen LogP contribution >= 0.6 is 11.6 Å². The summed E-state index contributed by atoms with van der Waals surface area (Å²) in [5, 5.41) is 15.7. The second kappa shape index (κ2) is 16.9. The monoisotopic (exact) mass is 746 g/mol. The summed E-state index contributed by atoms with van der Waals surface area (Å²) in [6.07, 6.45) is 9.78. The lowest BCUT2D eigenvalue weighted by Gasteiger charge is -2.21. The molecule has 0 saturated heterocycles. The minimum Gasteiger partial charge on any atom is -0.384 e. The SMILES string of the molecule is Cc1ccc(S(=O)(=O)/N=C(/NCCCCCCCNc2c3c(nc4ccccc24)CCCC3)N2C[C@H](c3ccccc3)C(c3ccc(Cl)cc3)=N2)cc1. The van der Waals surface area contributed by atoms with Crippen LogP contribution in [0.4, 0.5) is 5.69 Å². The smallest absolute Gasteiger partial charge is 0.285 e. The van der Waals surface area contributed by atoms with Gasteiger partial charge in [0.1, 0.15) is 0 Å². The van der Waals surface area contributed by atoms with Gasteiger partial charge in [-0.05, 0) is 92.5 Å². The number of unbranched alkanes of at least 4 members (excludes halogenated alkanes) is 4. The van der Waals surface area contributed by atoms with Crippen molar-refractivity contribution in [2.24, 2.45) is 9.50 Å². The number of guanidine groups is 1. The van der Waals surface area contributed by atoms with E-state index < -0.39 is 10.0 Å². The molecule has 1 aromatic heterocycles. The lowest BCUT2D eigenvalue weighted by Crippen LogP contribution is -2.39. The topological polar surface area (TPSA) is 99.0 Å². The first-order chi connectivity index (χ1) is 25.9. The lowest BCUT2D eigenvalue weighted by atomic mass is 9.91. The van der Waals surface area contributed by atoms with Crippen molar-refractivity contribution in [2.75, 3.05) is 25.0 Å². The van der Waals surface area contributed by atoms with Crippen LogP contribution in [0.1, 0.15) is 78.8 Å². The molecule has 7 rings (SSSR count). The number of anilines is 1. The number of hydrazone groups is 1. The Morgan fingerprint density at radius 3 is 2.32 bits per heavy atom. The Bertz CT molecular complexity index is 2190. The second-order valence-electron chi connectivity index (χ2n) is 14.0. The molecule has 2 heterocycles. The number of nitrogens with zero attached hydrogens (tertiary/aromatic N) is 4. The third-order valence-corrected chi connectivity index (χ3v) is 11.7. The maximum absolute atomic E-state index is 13.6. The largest absolute Gasteiger partial charge is 0.384 e. The van der Waals surface area contributed by atoms with Gasteiger partial charge < -0.3 is 10.6 Å². The Hall–Kier alpha value is -4.73. The summed E-state index contributed by atoms with van der Waals surface area (Å²) in [5.74, 6) is 0.142. The van der Waals surface area contributed by atoms with E-state index in [1.54, 1.807) is 29.3 Å². The minimum absolute atomic E-state index is 0.0873. The van der Waals surface area contributed by atoms with E-state index in [2.05, 4.69) is 51.4 Å². The molecular formula is C43H47ClN6O2S. The van der Waals surface area contributed by atoms with Gasteiger partial charge in [-0.25, -0.2) is 5.01 Å². The number of hydrogen-bond acceptors (Lipinski definition) is 5. The fourth-order valence-electron chi connectivity index (χ4n) is 7.28. The first-order valence-corrected chi connectivity index (χ1v) is 20.6. The van der Waals surface area contributed by atoms with E-state index in [1.165, 1.54) is 35.2 Å². The van der Waals surface area contributed by atoms with Crippen molar-refractivity contribution < 1.29 is 8.42 Å². The number of fused-ring (bicyclic) bond motifs is 2. The highest BCUT2D eigenvalue weighted by molar-refractivity contribution is 7.90. The van der Waals surface area contributed by atoms with Gasteiger partial charge in [-0.15, -0.1) is 4.40 Å². The van der Waals surface area contributed by atoms with Crippen LogP contribution in [0, 0.1) is 6.92 Å². The number of rotatable bonds is 13. The predicted octanol–water partition coefficient (Wildman–Crippen LogP) is 9.28. The molecule has 1 atom stereocenters. The van der Waals surface area contributed by atoms with E-state index in [-0.39, 0.29) is 16.8 Å². The number of aryl methyl sites for hydroxylation is 2. The number of para-hydroxylation sites is 1. The number of hydrogen-bond donors (Lipinski definition) is 2. The van der Waals surface area contributed by atoms with Crippen LogP contribution < -0.4 is 10.6 Å². The van der Waals surface area contributed by atoms with Crippen LogP contribution in [0.5, 0.6) is 0 Å². The van der Waals surface area contributed by atoms with Crippen molar-refractivity contribution >= 4 is 49.9 Å².